The van der Waals surface area contributed by atoms with Crippen molar-refractivity contribution in [2.45, 2.75) is 37.7 Å². The highest BCUT2D eigenvalue weighted by molar-refractivity contribution is 7.98. The van der Waals surface area contributed by atoms with Gasteiger partial charge in [-0.3, -0.25) is 4.57 Å². The van der Waals surface area contributed by atoms with Gasteiger partial charge >= 0.3 is 0 Å². The van der Waals surface area contributed by atoms with E-state index in [1.165, 1.54) is 17.8 Å². The Morgan fingerprint density at radius 1 is 1.03 bits per heavy atom. The Labute approximate surface area is 178 Å². The van der Waals surface area contributed by atoms with Crippen molar-refractivity contribution in [3.63, 3.8) is 0 Å². The second-order valence-corrected chi connectivity index (χ2v) is 8.29. The minimum Gasteiger partial charge on any atom is -0.339 e. The van der Waals surface area contributed by atoms with Gasteiger partial charge in [0.15, 0.2) is 16.8 Å². The van der Waals surface area contributed by atoms with Crippen LogP contribution >= 0.6 is 11.8 Å². The molecule has 0 radical (unpaired) electrons. The molecule has 0 bridgehead atoms. The Hall–Kier alpha value is -3.00. The summed E-state index contributed by atoms with van der Waals surface area (Å²) in [4.78, 5) is 4.44. The minimum atomic E-state index is -0.327. The molecule has 8 heteroatoms. The van der Waals surface area contributed by atoms with E-state index in [2.05, 4.69) is 34.2 Å². The van der Waals surface area contributed by atoms with Gasteiger partial charge in [0, 0.05) is 6.42 Å². The van der Waals surface area contributed by atoms with Crippen LogP contribution in [0.1, 0.15) is 31.1 Å². The highest BCUT2D eigenvalue weighted by atomic mass is 32.2. The predicted octanol–water partition coefficient (Wildman–Crippen LogP) is 5.01. The quantitative estimate of drug-likeness (QED) is 0.371. The summed E-state index contributed by atoms with van der Waals surface area (Å²) in [6.07, 6.45) is 0.749. The van der Waals surface area contributed by atoms with Crippen molar-refractivity contribution in [2.75, 3.05) is 0 Å². The fraction of sp³-hybridized carbons (Fsp3) is 0.273. The van der Waals surface area contributed by atoms with E-state index in [9.17, 15) is 4.39 Å². The first-order valence-corrected chi connectivity index (χ1v) is 10.7. The molecule has 2 heterocycles. The number of hydrogen-bond donors (Lipinski definition) is 0. The van der Waals surface area contributed by atoms with Crippen LogP contribution in [0.3, 0.4) is 0 Å². The van der Waals surface area contributed by atoms with Crippen LogP contribution in [0.15, 0.2) is 64.3 Å². The van der Waals surface area contributed by atoms with Crippen LogP contribution in [0.5, 0.6) is 0 Å². The average Bonchev–Trinajstić information content (AvgIpc) is 3.34. The maximum atomic E-state index is 14.4. The van der Waals surface area contributed by atoms with E-state index in [0.29, 0.717) is 46.5 Å². The first-order chi connectivity index (χ1) is 14.6. The Morgan fingerprint density at radius 3 is 2.57 bits per heavy atom. The van der Waals surface area contributed by atoms with Crippen LogP contribution in [0, 0.1) is 11.7 Å². The molecule has 0 spiro atoms. The maximum absolute atomic E-state index is 14.4. The number of benzene rings is 2. The van der Waals surface area contributed by atoms with Gasteiger partial charge in [-0.15, -0.1) is 10.2 Å². The predicted molar refractivity (Wildman–Crippen MR) is 113 cm³/mol. The van der Waals surface area contributed by atoms with Gasteiger partial charge in [-0.05, 0) is 23.6 Å². The van der Waals surface area contributed by atoms with Crippen LogP contribution in [0.2, 0.25) is 0 Å². The average molecular weight is 424 g/mol. The molecule has 154 valence electrons. The zero-order valence-electron chi connectivity index (χ0n) is 16.8. The lowest BCUT2D eigenvalue weighted by molar-refractivity contribution is 0.360. The SMILES string of the molecule is CC(C)Cc1nc(CSc2nnc(-c3ccccc3F)n2Cc2ccccc2)no1. The fourth-order valence-electron chi connectivity index (χ4n) is 3.06. The van der Waals surface area contributed by atoms with Crippen LogP contribution in [-0.4, -0.2) is 24.9 Å². The van der Waals surface area contributed by atoms with E-state index in [-0.39, 0.29) is 5.82 Å². The van der Waals surface area contributed by atoms with Crippen molar-refractivity contribution in [3.05, 3.63) is 77.7 Å². The third-order valence-corrected chi connectivity index (χ3v) is 5.40. The van der Waals surface area contributed by atoms with E-state index in [1.807, 2.05) is 34.9 Å². The molecule has 0 unspecified atom stereocenters. The van der Waals surface area contributed by atoms with Gasteiger partial charge < -0.3 is 4.52 Å². The van der Waals surface area contributed by atoms with Crippen molar-refractivity contribution in [1.29, 1.82) is 0 Å². The lowest BCUT2D eigenvalue weighted by Crippen LogP contribution is -2.05. The molecular weight excluding hydrogens is 401 g/mol. The maximum Gasteiger partial charge on any atom is 0.226 e. The monoisotopic (exact) mass is 423 g/mol. The summed E-state index contributed by atoms with van der Waals surface area (Å²) in [5.74, 6) is 2.35. The normalized spacial score (nSPS) is 11.3. The number of halogens is 1. The van der Waals surface area contributed by atoms with E-state index in [4.69, 9.17) is 4.52 Å². The van der Waals surface area contributed by atoms with E-state index in [1.54, 1.807) is 18.2 Å². The lowest BCUT2D eigenvalue weighted by atomic mass is 10.1. The van der Waals surface area contributed by atoms with Gasteiger partial charge in [0.1, 0.15) is 5.82 Å². The largest absolute Gasteiger partial charge is 0.339 e. The second kappa shape index (κ2) is 9.21. The molecule has 0 atom stereocenters. The van der Waals surface area contributed by atoms with Crippen LogP contribution < -0.4 is 0 Å². The van der Waals surface area contributed by atoms with Crippen molar-refractivity contribution in [1.82, 2.24) is 24.9 Å². The van der Waals surface area contributed by atoms with Crippen LogP contribution in [0.4, 0.5) is 4.39 Å². The zero-order valence-corrected chi connectivity index (χ0v) is 17.6. The number of thioether (sulfide) groups is 1. The van der Waals surface area contributed by atoms with E-state index >= 15 is 0 Å². The summed E-state index contributed by atoms with van der Waals surface area (Å²) in [5, 5.41) is 13.3. The summed E-state index contributed by atoms with van der Waals surface area (Å²) < 4.78 is 21.7. The molecule has 2 aromatic carbocycles. The Bertz CT molecular complexity index is 1110. The second-order valence-electron chi connectivity index (χ2n) is 7.35. The Balaban J connectivity index is 1.61. The van der Waals surface area contributed by atoms with Gasteiger partial charge in [0.2, 0.25) is 5.89 Å². The molecule has 0 aliphatic carbocycles. The molecule has 0 fully saturated rings. The molecule has 0 amide bonds. The molecule has 6 nitrogen and oxygen atoms in total. The first-order valence-electron chi connectivity index (χ1n) is 9.76. The lowest BCUT2D eigenvalue weighted by Gasteiger charge is -2.10. The highest BCUT2D eigenvalue weighted by Crippen LogP contribution is 2.28. The van der Waals surface area contributed by atoms with Crippen molar-refractivity contribution in [2.24, 2.45) is 5.92 Å². The highest BCUT2D eigenvalue weighted by Gasteiger charge is 2.18. The number of hydrogen-bond acceptors (Lipinski definition) is 6. The molecule has 0 aliphatic heterocycles. The Kier molecular flexibility index (Phi) is 6.23. The molecular formula is C22H22FN5OS. The summed E-state index contributed by atoms with van der Waals surface area (Å²) in [6.45, 7) is 4.74. The molecule has 0 aliphatic rings. The Morgan fingerprint density at radius 2 is 1.80 bits per heavy atom. The van der Waals surface area contributed by atoms with Crippen molar-refractivity contribution in [3.8, 4) is 11.4 Å². The summed E-state index contributed by atoms with van der Waals surface area (Å²) in [5.41, 5.74) is 1.50. The van der Waals surface area contributed by atoms with Crippen molar-refractivity contribution >= 4 is 11.8 Å². The smallest absolute Gasteiger partial charge is 0.226 e. The van der Waals surface area contributed by atoms with Crippen LogP contribution in [0.25, 0.3) is 11.4 Å². The summed E-state index contributed by atoms with van der Waals surface area (Å²) in [6, 6.07) is 16.6. The molecule has 0 saturated heterocycles. The molecule has 2 aromatic heterocycles. The third-order valence-electron chi connectivity index (χ3n) is 4.44. The number of nitrogens with zero attached hydrogens (tertiary/aromatic N) is 5. The molecule has 0 saturated carbocycles. The third kappa shape index (κ3) is 4.76. The topological polar surface area (TPSA) is 69.6 Å². The van der Waals surface area contributed by atoms with Gasteiger partial charge in [-0.2, -0.15) is 4.98 Å². The fourth-order valence-corrected chi connectivity index (χ4v) is 3.84. The van der Waals surface area contributed by atoms with E-state index in [0.717, 1.165) is 12.0 Å². The van der Waals surface area contributed by atoms with E-state index < -0.39 is 0 Å². The first kappa shape index (κ1) is 20.3. The molecule has 4 rings (SSSR count). The number of aromatic nitrogens is 5. The van der Waals surface area contributed by atoms with Gasteiger partial charge in [-0.1, -0.05) is 73.2 Å². The van der Waals surface area contributed by atoms with Crippen molar-refractivity contribution < 1.29 is 8.91 Å². The van der Waals surface area contributed by atoms with Gasteiger partial charge in [0.25, 0.3) is 0 Å². The van der Waals surface area contributed by atoms with Gasteiger partial charge in [0.05, 0.1) is 17.9 Å². The summed E-state index contributed by atoms with van der Waals surface area (Å²) >= 11 is 1.45. The molecule has 30 heavy (non-hydrogen) atoms. The van der Waals surface area contributed by atoms with Crippen LogP contribution in [-0.2, 0) is 18.7 Å². The standard InChI is InChI=1S/C22H22FN5OS/c1-15(2)12-20-24-19(27-29-20)14-30-22-26-25-21(17-10-6-7-11-18(17)23)28(22)13-16-8-4-3-5-9-16/h3-11,15H,12-14H2,1-2H3. The summed E-state index contributed by atoms with van der Waals surface area (Å²) in [7, 11) is 0. The molecule has 0 N–H and O–H groups in total. The zero-order chi connectivity index (χ0) is 20.9. The number of rotatable bonds is 8. The molecule has 4 aromatic rings. The van der Waals surface area contributed by atoms with Gasteiger partial charge in [-0.25, -0.2) is 4.39 Å². The minimum absolute atomic E-state index is 0.327.